The number of aromatic hydroxyl groups is 2. The molecule has 0 heterocycles. The number of phenolic OH excluding ortho intramolecular Hbond substituents is 2. The van der Waals surface area contributed by atoms with Gasteiger partial charge in [0.1, 0.15) is 11.5 Å². The van der Waals surface area contributed by atoms with Gasteiger partial charge in [0.2, 0.25) is 0 Å². The highest BCUT2D eigenvalue weighted by atomic mass is 35.5. The average Bonchev–Trinajstić information content (AvgIpc) is 2.12. The van der Waals surface area contributed by atoms with Gasteiger partial charge < -0.3 is 10.2 Å². The molecule has 0 amide bonds. The maximum atomic E-state index is 9.54. The van der Waals surface area contributed by atoms with E-state index in [1.54, 1.807) is 24.3 Å². The Kier molecular flexibility index (Phi) is 1.78. The van der Waals surface area contributed by atoms with Crippen molar-refractivity contribution < 1.29 is 10.2 Å². The first-order valence-electron chi connectivity index (χ1n) is 3.78. The summed E-state index contributed by atoms with van der Waals surface area (Å²) in [6, 6.07) is 8.06. The Morgan fingerprint density at radius 1 is 1.00 bits per heavy atom. The number of hydrogen-bond donors (Lipinski definition) is 2. The summed E-state index contributed by atoms with van der Waals surface area (Å²) in [5, 5.41) is 20.4. The third kappa shape index (κ3) is 1.29. The topological polar surface area (TPSA) is 40.5 Å². The normalized spacial score (nSPS) is 10.5. The minimum Gasteiger partial charge on any atom is -0.508 e. The molecule has 0 aliphatic rings. The second kappa shape index (κ2) is 2.82. The van der Waals surface area contributed by atoms with Crippen molar-refractivity contribution in [3.05, 3.63) is 35.4 Å². The molecule has 0 aliphatic heterocycles. The number of hydrogen-bond acceptors (Lipinski definition) is 2. The first kappa shape index (κ1) is 8.20. The summed E-state index contributed by atoms with van der Waals surface area (Å²) in [6.45, 7) is 0. The Morgan fingerprint density at radius 3 is 2.54 bits per heavy atom. The molecular weight excluding hydrogens is 188 g/mol. The Hall–Kier alpha value is -1.41. The van der Waals surface area contributed by atoms with Crippen LogP contribution in [-0.4, -0.2) is 10.2 Å². The van der Waals surface area contributed by atoms with Crippen LogP contribution in [0.4, 0.5) is 0 Å². The monoisotopic (exact) mass is 194 g/mol. The number of phenols is 2. The van der Waals surface area contributed by atoms with Gasteiger partial charge in [0.25, 0.3) is 0 Å². The molecule has 2 rings (SSSR count). The van der Waals surface area contributed by atoms with Crippen molar-refractivity contribution in [2.24, 2.45) is 0 Å². The molecule has 2 aromatic rings. The molecule has 2 N–H and O–H groups in total. The van der Waals surface area contributed by atoms with E-state index in [0.717, 1.165) is 5.39 Å². The second-order valence-electron chi connectivity index (χ2n) is 2.80. The smallest absolute Gasteiger partial charge is 0.141 e. The second-order valence-corrected chi connectivity index (χ2v) is 3.21. The van der Waals surface area contributed by atoms with Gasteiger partial charge in [-0.3, -0.25) is 0 Å². The quantitative estimate of drug-likeness (QED) is 0.677. The molecule has 13 heavy (non-hydrogen) atoms. The van der Waals surface area contributed by atoms with Crippen molar-refractivity contribution in [2.75, 3.05) is 0 Å². The van der Waals surface area contributed by atoms with E-state index in [1.807, 2.05) is 0 Å². The predicted molar refractivity (Wildman–Crippen MR) is 52.3 cm³/mol. The summed E-state index contributed by atoms with van der Waals surface area (Å²) in [5.41, 5.74) is 0. The van der Waals surface area contributed by atoms with Gasteiger partial charge in [0.15, 0.2) is 0 Å². The highest BCUT2D eigenvalue weighted by molar-refractivity contribution is 6.33. The zero-order valence-electron chi connectivity index (χ0n) is 6.66. The van der Waals surface area contributed by atoms with Crippen LogP contribution in [0.1, 0.15) is 0 Å². The molecule has 0 spiro atoms. The van der Waals surface area contributed by atoms with Crippen molar-refractivity contribution in [3.8, 4) is 11.5 Å². The van der Waals surface area contributed by atoms with Gasteiger partial charge in [-0.15, -0.1) is 0 Å². The molecule has 0 fully saturated rings. The third-order valence-electron chi connectivity index (χ3n) is 1.93. The number of halogens is 1. The maximum absolute atomic E-state index is 9.54. The lowest BCUT2D eigenvalue weighted by atomic mass is 10.1. The van der Waals surface area contributed by atoms with Gasteiger partial charge in [-0.2, -0.15) is 0 Å². The van der Waals surface area contributed by atoms with E-state index in [1.165, 1.54) is 6.07 Å². The summed E-state index contributed by atoms with van der Waals surface area (Å²) in [4.78, 5) is 0. The fourth-order valence-electron chi connectivity index (χ4n) is 1.27. The van der Waals surface area contributed by atoms with Crippen LogP contribution >= 0.6 is 11.6 Å². The minimum atomic E-state index is 0.0548. The SMILES string of the molecule is Oc1ccc2c(O)c(Cl)ccc2c1. The third-order valence-corrected chi connectivity index (χ3v) is 2.23. The Labute approximate surface area is 80.0 Å². The summed E-state index contributed by atoms with van der Waals surface area (Å²) in [5.74, 6) is 0.230. The van der Waals surface area contributed by atoms with Crippen molar-refractivity contribution in [1.29, 1.82) is 0 Å². The van der Waals surface area contributed by atoms with Crippen LogP contribution in [0.2, 0.25) is 5.02 Å². The van der Waals surface area contributed by atoms with Crippen LogP contribution in [-0.2, 0) is 0 Å². The van der Waals surface area contributed by atoms with Crippen LogP contribution in [0.5, 0.6) is 11.5 Å². The van der Waals surface area contributed by atoms with E-state index in [9.17, 15) is 10.2 Å². The zero-order chi connectivity index (χ0) is 9.42. The molecule has 2 aromatic carbocycles. The lowest BCUT2D eigenvalue weighted by molar-refractivity contribution is 0.475. The molecule has 0 bridgehead atoms. The van der Waals surface area contributed by atoms with Crippen molar-refractivity contribution in [3.63, 3.8) is 0 Å². The van der Waals surface area contributed by atoms with Crippen LogP contribution in [0.25, 0.3) is 10.8 Å². The van der Waals surface area contributed by atoms with E-state index in [4.69, 9.17) is 11.6 Å². The lowest BCUT2D eigenvalue weighted by Gasteiger charge is -2.02. The van der Waals surface area contributed by atoms with Crippen molar-refractivity contribution in [1.82, 2.24) is 0 Å². The Bertz CT molecular complexity index is 466. The van der Waals surface area contributed by atoms with Crippen molar-refractivity contribution >= 4 is 22.4 Å². The summed E-state index contributed by atoms with van der Waals surface area (Å²) in [6.07, 6.45) is 0. The lowest BCUT2D eigenvalue weighted by Crippen LogP contribution is -1.75. The summed E-state index contributed by atoms with van der Waals surface area (Å²) >= 11 is 5.71. The maximum Gasteiger partial charge on any atom is 0.141 e. The predicted octanol–water partition coefficient (Wildman–Crippen LogP) is 2.90. The Balaban J connectivity index is 2.87. The van der Waals surface area contributed by atoms with Gasteiger partial charge in [-0.25, -0.2) is 0 Å². The number of benzene rings is 2. The van der Waals surface area contributed by atoms with E-state index >= 15 is 0 Å². The van der Waals surface area contributed by atoms with E-state index < -0.39 is 0 Å². The van der Waals surface area contributed by atoms with Crippen molar-refractivity contribution in [2.45, 2.75) is 0 Å². The number of rotatable bonds is 0. The van der Waals surface area contributed by atoms with Crippen LogP contribution in [0.15, 0.2) is 30.3 Å². The molecule has 0 radical (unpaired) electrons. The van der Waals surface area contributed by atoms with Gasteiger partial charge in [0, 0.05) is 5.39 Å². The molecule has 0 unspecified atom stereocenters. The molecular formula is C10H7ClO2. The molecule has 0 saturated carbocycles. The minimum absolute atomic E-state index is 0.0548. The summed E-state index contributed by atoms with van der Waals surface area (Å²) in [7, 11) is 0. The molecule has 0 aliphatic carbocycles. The molecule has 3 heteroatoms. The fraction of sp³-hybridized carbons (Fsp3) is 0. The zero-order valence-corrected chi connectivity index (χ0v) is 7.42. The van der Waals surface area contributed by atoms with E-state index in [0.29, 0.717) is 10.4 Å². The highest BCUT2D eigenvalue weighted by Gasteiger charge is 2.03. The van der Waals surface area contributed by atoms with E-state index in [2.05, 4.69) is 0 Å². The Morgan fingerprint density at radius 2 is 1.77 bits per heavy atom. The van der Waals surface area contributed by atoms with E-state index in [-0.39, 0.29) is 11.5 Å². The first-order valence-corrected chi connectivity index (χ1v) is 4.16. The molecule has 66 valence electrons. The van der Waals surface area contributed by atoms with Crippen LogP contribution < -0.4 is 0 Å². The first-order chi connectivity index (χ1) is 6.18. The van der Waals surface area contributed by atoms with Gasteiger partial charge in [-0.05, 0) is 29.7 Å². The average molecular weight is 195 g/mol. The summed E-state index contributed by atoms with van der Waals surface area (Å²) < 4.78 is 0. The van der Waals surface area contributed by atoms with Gasteiger partial charge in [0.05, 0.1) is 5.02 Å². The molecule has 2 nitrogen and oxygen atoms in total. The largest absolute Gasteiger partial charge is 0.508 e. The highest BCUT2D eigenvalue weighted by Crippen LogP contribution is 2.33. The number of fused-ring (bicyclic) bond motifs is 1. The molecule has 0 atom stereocenters. The van der Waals surface area contributed by atoms with Crippen LogP contribution in [0, 0.1) is 0 Å². The van der Waals surface area contributed by atoms with Crippen LogP contribution in [0.3, 0.4) is 0 Å². The van der Waals surface area contributed by atoms with Gasteiger partial charge >= 0.3 is 0 Å². The molecule has 0 saturated heterocycles. The standard InChI is InChI=1S/C10H7ClO2/c11-9-4-1-6-5-7(12)2-3-8(6)10(9)13/h1-5,12-13H. The fourth-order valence-corrected chi connectivity index (χ4v) is 1.44. The molecule has 0 aromatic heterocycles. The van der Waals surface area contributed by atoms with Gasteiger partial charge in [-0.1, -0.05) is 17.7 Å².